The van der Waals surface area contributed by atoms with Crippen molar-refractivity contribution in [3.8, 4) is 17.2 Å². The van der Waals surface area contributed by atoms with E-state index in [9.17, 15) is 9.59 Å². The molecule has 2 aromatic rings. The molecule has 0 saturated carbocycles. The molecule has 2 amide bonds. The van der Waals surface area contributed by atoms with E-state index in [4.69, 9.17) is 14.2 Å². The van der Waals surface area contributed by atoms with Crippen LogP contribution in [0.25, 0.3) is 0 Å². The summed E-state index contributed by atoms with van der Waals surface area (Å²) in [6.45, 7) is 7.69. The number of amides is 2. The summed E-state index contributed by atoms with van der Waals surface area (Å²) in [7, 11) is 0. The minimum absolute atomic E-state index is 0.0147. The first-order valence-electron chi connectivity index (χ1n) is 10.1. The SMILES string of the molecule is CC(C)Oc1ccccc1/C=N/NC(=O)C(NC(=O)c1ccc2c(c1)OCO2)C(C)C. The zero-order chi connectivity index (χ0) is 22.4. The molecule has 0 aliphatic carbocycles. The van der Waals surface area contributed by atoms with Crippen LogP contribution in [-0.2, 0) is 4.79 Å². The Labute approximate surface area is 181 Å². The fourth-order valence-corrected chi connectivity index (χ4v) is 2.98. The van der Waals surface area contributed by atoms with Crippen molar-refractivity contribution < 1.29 is 23.8 Å². The minimum atomic E-state index is -0.766. The van der Waals surface area contributed by atoms with Crippen LogP contribution in [-0.4, -0.2) is 37.0 Å². The fourth-order valence-electron chi connectivity index (χ4n) is 2.98. The zero-order valence-electron chi connectivity index (χ0n) is 18.0. The van der Waals surface area contributed by atoms with E-state index in [1.165, 1.54) is 6.21 Å². The Morgan fingerprint density at radius 2 is 1.81 bits per heavy atom. The molecule has 0 aromatic heterocycles. The summed E-state index contributed by atoms with van der Waals surface area (Å²) in [6, 6.07) is 11.5. The highest BCUT2D eigenvalue weighted by atomic mass is 16.7. The van der Waals surface area contributed by atoms with Gasteiger partial charge in [0, 0.05) is 11.1 Å². The van der Waals surface area contributed by atoms with E-state index < -0.39 is 11.9 Å². The number of benzene rings is 2. The van der Waals surface area contributed by atoms with Gasteiger partial charge in [-0.1, -0.05) is 26.0 Å². The lowest BCUT2D eigenvalue weighted by molar-refractivity contribution is -0.123. The Balaban J connectivity index is 1.64. The lowest BCUT2D eigenvalue weighted by Gasteiger charge is -2.20. The highest BCUT2D eigenvalue weighted by Crippen LogP contribution is 2.32. The van der Waals surface area contributed by atoms with E-state index in [2.05, 4.69) is 15.8 Å². The van der Waals surface area contributed by atoms with Crippen LogP contribution >= 0.6 is 0 Å². The van der Waals surface area contributed by atoms with Crippen LogP contribution in [0.3, 0.4) is 0 Å². The summed E-state index contributed by atoms with van der Waals surface area (Å²) < 4.78 is 16.3. The quantitative estimate of drug-likeness (QED) is 0.500. The average Bonchev–Trinajstić information content (AvgIpc) is 3.20. The van der Waals surface area contributed by atoms with Gasteiger partial charge in [0.25, 0.3) is 11.8 Å². The Morgan fingerprint density at radius 1 is 1.06 bits per heavy atom. The first-order valence-corrected chi connectivity index (χ1v) is 10.1. The number of carbonyl (C=O) groups is 2. The van der Waals surface area contributed by atoms with Crippen molar-refractivity contribution in [3.63, 3.8) is 0 Å². The lowest BCUT2D eigenvalue weighted by Crippen LogP contribution is -2.48. The summed E-state index contributed by atoms with van der Waals surface area (Å²) in [6.07, 6.45) is 1.54. The highest BCUT2D eigenvalue weighted by molar-refractivity contribution is 5.98. The monoisotopic (exact) mass is 425 g/mol. The molecule has 31 heavy (non-hydrogen) atoms. The van der Waals surface area contributed by atoms with E-state index in [1.807, 2.05) is 52.0 Å². The molecule has 2 aromatic carbocycles. The van der Waals surface area contributed by atoms with Crippen molar-refractivity contribution in [1.29, 1.82) is 0 Å². The maximum Gasteiger partial charge on any atom is 0.262 e. The van der Waals surface area contributed by atoms with Crippen LogP contribution < -0.4 is 25.0 Å². The molecule has 1 unspecified atom stereocenters. The van der Waals surface area contributed by atoms with Crippen LogP contribution in [0.1, 0.15) is 43.6 Å². The van der Waals surface area contributed by atoms with Crippen LogP contribution in [0.2, 0.25) is 0 Å². The topological polar surface area (TPSA) is 98.2 Å². The van der Waals surface area contributed by atoms with E-state index in [0.29, 0.717) is 22.8 Å². The normalized spacial score (nSPS) is 13.5. The fraction of sp³-hybridized carbons (Fsp3) is 0.348. The Kier molecular flexibility index (Phi) is 7.12. The number of fused-ring (bicyclic) bond motifs is 1. The van der Waals surface area contributed by atoms with Gasteiger partial charge in [-0.05, 0) is 50.1 Å². The number of nitrogens with one attached hydrogen (secondary N) is 2. The van der Waals surface area contributed by atoms with Crippen LogP contribution in [0.4, 0.5) is 0 Å². The third-order valence-corrected chi connectivity index (χ3v) is 4.53. The molecule has 1 heterocycles. The van der Waals surface area contributed by atoms with E-state index in [1.54, 1.807) is 18.2 Å². The number of hydrogen-bond donors (Lipinski definition) is 2. The average molecular weight is 425 g/mol. The molecule has 0 saturated heterocycles. The molecule has 2 N–H and O–H groups in total. The summed E-state index contributed by atoms with van der Waals surface area (Å²) in [5.74, 6) is 0.821. The number of hydrazone groups is 1. The molecular weight excluding hydrogens is 398 g/mol. The zero-order valence-corrected chi connectivity index (χ0v) is 18.0. The molecule has 1 aliphatic rings. The van der Waals surface area contributed by atoms with Crippen molar-refractivity contribution in [2.24, 2.45) is 11.0 Å². The molecule has 164 valence electrons. The standard InChI is InChI=1S/C23H27N3O5/c1-14(2)21(25-22(27)16-9-10-19-20(11-16)30-13-29-19)23(28)26-24-12-17-7-5-6-8-18(17)31-15(3)4/h5-12,14-15,21H,13H2,1-4H3,(H,25,27)(H,26,28)/b24-12+. The second-order valence-electron chi connectivity index (χ2n) is 7.70. The number of ether oxygens (including phenoxy) is 3. The molecule has 0 bridgehead atoms. The van der Waals surface area contributed by atoms with E-state index in [-0.39, 0.29) is 24.7 Å². The largest absolute Gasteiger partial charge is 0.490 e. The number of carbonyl (C=O) groups excluding carboxylic acids is 2. The molecule has 8 nitrogen and oxygen atoms in total. The summed E-state index contributed by atoms with van der Waals surface area (Å²) >= 11 is 0. The van der Waals surface area contributed by atoms with Crippen LogP contribution in [0.5, 0.6) is 17.2 Å². The van der Waals surface area contributed by atoms with Gasteiger partial charge in [-0.25, -0.2) is 5.43 Å². The predicted molar refractivity (Wildman–Crippen MR) is 117 cm³/mol. The Morgan fingerprint density at radius 3 is 2.55 bits per heavy atom. The number of nitrogens with zero attached hydrogens (tertiary/aromatic N) is 1. The molecule has 0 fully saturated rings. The van der Waals surface area contributed by atoms with Crippen molar-refractivity contribution >= 4 is 18.0 Å². The van der Waals surface area contributed by atoms with Gasteiger partial charge in [-0.3, -0.25) is 9.59 Å². The van der Waals surface area contributed by atoms with Crippen molar-refractivity contribution in [1.82, 2.24) is 10.7 Å². The smallest absolute Gasteiger partial charge is 0.262 e. The Hall–Kier alpha value is -3.55. The van der Waals surface area contributed by atoms with Crippen LogP contribution in [0, 0.1) is 5.92 Å². The lowest BCUT2D eigenvalue weighted by atomic mass is 10.0. The van der Waals surface area contributed by atoms with E-state index >= 15 is 0 Å². The maximum absolute atomic E-state index is 12.7. The van der Waals surface area contributed by atoms with Gasteiger partial charge in [0.2, 0.25) is 6.79 Å². The van der Waals surface area contributed by atoms with E-state index in [0.717, 1.165) is 5.56 Å². The van der Waals surface area contributed by atoms with Crippen molar-refractivity contribution in [2.45, 2.75) is 39.8 Å². The molecular formula is C23H27N3O5. The predicted octanol–water partition coefficient (Wildman–Crippen LogP) is 3.11. The minimum Gasteiger partial charge on any atom is -0.490 e. The molecule has 8 heteroatoms. The van der Waals surface area contributed by atoms with Crippen LogP contribution in [0.15, 0.2) is 47.6 Å². The van der Waals surface area contributed by atoms with Crippen molar-refractivity contribution in [2.75, 3.05) is 6.79 Å². The van der Waals surface area contributed by atoms with Gasteiger partial charge in [-0.15, -0.1) is 0 Å². The number of rotatable bonds is 8. The second-order valence-corrected chi connectivity index (χ2v) is 7.70. The van der Waals surface area contributed by atoms with Gasteiger partial charge in [-0.2, -0.15) is 5.10 Å². The second kappa shape index (κ2) is 9.97. The number of hydrogen-bond acceptors (Lipinski definition) is 6. The van der Waals surface area contributed by atoms with Crippen molar-refractivity contribution in [3.05, 3.63) is 53.6 Å². The molecule has 1 atom stereocenters. The molecule has 3 rings (SSSR count). The summed E-state index contributed by atoms with van der Waals surface area (Å²) in [4.78, 5) is 25.3. The third-order valence-electron chi connectivity index (χ3n) is 4.53. The van der Waals surface area contributed by atoms with Gasteiger partial charge in [0.05, 0.1) is 12.3 Å². The summed E-state index contributed by atoms with van der Waals surface area (Å²) in [5, 5.41) is 6.81. The first-order chi connectivity index (χ1) is 14.8. The van der Waals surface area contributed by atoms with Gasteiger partial charge >= 0.3 is 0 Å². The highest BCUT2D eigenvalue weighted by Gasteiger charge is 2.25. The summed E-state index contributed by atoms with van der Waals surface area (Å²) in [5.41, 5.74) is 3.63. The molecule has 0 radical (unpaired) electrons. The Bertz CT molecular complexity index is 971. The van der Waals surface area contributed by atoms with Gasteiger partial charge in [0.15, 0.2) is 11.5 Å². The van der Waals surface area contributed by atoms with Gasteiger partial charge in [0.1, 0.15) is 11.8 Å². The maximum atomic E-state index is 12.7. The van der Waals surface area contributed by atoms with Gasteiger partial charge < -0.3 is 19.5 Å². The number of para-hydroxylation sites is 1. The third kappa shape index (κ3) is 5.75. The molecule has 1 aliphatic heterocycles. The molecule has 0 spiro atoms. The first kappa shape index (κ1) is 22.1.